The summed E-state index contributed by atoms with van der Waals surface area (Å²) in [5, 5.41) is 13.1. The van der Waals surface area contributed by atoms with Crippen LogP contribution in [-0.4, -0.2) is 22.7 Å². The van der Waals surface area contributed by atoms with Crippen molar-refractivity contribution in [1.29, 1.82) is 0 Å². The first-order chi connectivity index (χ1) is 7.04. The van der Waals surface area contributed by atoms with Gasteiger partial charge in [-0.05, 0) is 12.5 Å². The number of rotatable bonds is 4. The van der Waals surface area contributed by atoms with Crippen molar-refractivity contribution in [3.05, 3.63) is 21.3 Å². The van der Waals surface area contributed by atoms with E-state index in [9.17, 15) is 5.11 Å². The molecule has 1 unspecified atom stereocenters. The summed E-state index contributed by atoms with van der Waals surface area (Å²) in [6.07, 6.45) is 0.226. The van der Waals surface area contributed by atoms with E-state index in [2.05, 4.69) is 10.3 Å². The third kappa shape index (κ3) is 3.68. The Morgan fingerprint density at radius 2 is 2.07 bits per heavy atom. The van der Waals surface area contributed by atoms with Crippen molar-refractivity contribution in [2.75, 3.05) is 11.9 Å². The lowest BCUT2D eigenvalue weighted by molar-refractivity contribution is 0.183. The van der Waals surface area contributed by atoms with Crippen molar-refractivity contribution in [3.63, 3.8) is 0 Å². The number of anilines is 1. The van der Waals surface area contributed by atoms with E-state index in [-0.39, 0.29) is 5.15 Å². The van der Waals surface area contributed by atoms with Crippen LogP contribution < -0.4 is 5.32 Å². The number of aromatic nitrogens is 1. The number of aliphatic hydroxyl groups excluding tert-OH is 1. The number of nitrogens with one attached hydrogen (secondary N) is 1. The summed E-state index contributed by atoms with van der Waals surface area (Å²) in [4.78, 5) is 3.96. The molecule has 0 saturated carbocycles. The maximum atomic E-state index is 9.34. The first-order valence-corrected chi connectivity index (χ1v) is 5.61. The number of nitrogens with zero attached hydrogens (tertiary/aromatic N) is 1. The molecule has 1 heterocycles. The largest absolute Gasteiger partial charge is 0.391 e. The normalized spacial score (nSPS) is 12.6. The van der Waals surface area contributed by atoms with Crippen molar-refractivity contribution in [2.45, 2.75) is 19.4 Å². The Labute approximate surface area is 103 Å². The van der Waals surface area contributed by atoms with E-state index in [1.54, 1.807) is 0 Å². The van der Waals surface area contributed by atoms with Gasteiger partial charge in [0, 0.05) is 6.54 Å². The molecular formula is C9H11Cl3N2O. The van der Waals surface area contributed by atoms with Gasteiger partial charge < -0.3 is 10.4 Å². The summed E-state index contributed by atoms with van der Waals surface area (Å²) in [6, 6.07) is 1.51. The van der Waals surface area contributed by atoms with Gasteiger partial charge in [0.25, 0.3) is 0 Å². The van der Waals surface area contributed by atoms with Crippen LogP contribution in [0.2, 0.25) is 15.2 Å². The van der Waals surface area contributed by atoms with Crippen molar-refractivity contribution < 1.29 is 5.11 Å². The fourth-order valence-electron chi connectivity index (χ4n) is 0.927. The molecule has 15 heavy (non-hydrogen) atoms. The number of pyridine rings is 1. The van der Waals surface area contributed by atoms with E-state index in [1.807, 2.05) is 6.92 Å². The molecule has 1 atom stereocenters. The molecule has 0 aromatic carbocycles. The molecule has 3 nitrogen and oxygen atoms in total. The fraction of sp³-hybridized carbons (Fsp3) is 0.444. The molecule has 2 N–H and O–H groups in total. The monoisotopic (exact) mass is 268 g/mol. The van der Waals surface area contributed by atoms with Gasteiger partial charge in [-0.25, -0.2) is 4.98 Å². The summed E-state index contributed by atoms with van der Waals surface area (Å²) >= 11 is 17.3. The van der Waals surface area contributed by atoms with Crippen molar-refractivity contribution >= 4 is 40.6 Å². The third-order valence-electron chi connectivity index (χ3n) is 1.86. The molecule has 0 amide bonds. The van der Waals surface area contributed by atoms with Gasteiger partial charge in [-0.3, -0.25) is 0 Å². The lowest BCUT2D eigenvalue weighted by Crippen LogP contribution is -2.19. The topological polar surface area (TPSA) is 45.1 Å². The molecular weight excluding hydrogens is 258 g/mol. The Kier molecular flexibility index (Phi) is 4.93. The van der Waals surface area contributed by atoms with Crippen LogP contribution in [0.5, 0.6) is 0 Å². The zero-order valence-corrected chi connectivity index (χ0v) is 10.4. The minimum absolute atomic E-state index is 0.189. The van der Waals surface area contributed by atoms with Crippen LogP contribution >= 0.6 is 34.8 Å². The van der Waals surface area contributed by atoms with Crippen LogP contribution in [0.3, 0.4) is 0 Å². The van der Waals surface area contributed by atoms with Crippen molar-refractivity contribution in [3.8, 4) is 0 Å². The van der Waals surface area contributed by atoms with Crippen LogP contribution in [0.25, 0.3) is 0 Å². The summed E-state index contributed by atoms with van der Waals surface area (Å²) < 4.78 is 0. The molecule has 84 valence electrons. The molecule has 0 spiro atoms. The van der Waals surface area contributed by atoms with Crippen molar-refractivity contribution in [2.24, 2.45) is 0 Å². The van der Waals surface area contributed by atoms with E-state index in [4.69, 9.17) is 34.8 Å². The average molecular weight is 270 g/mol. The second kappa shape index (κ2) is 5.75. The van der Waals surface area contributed by atoms with Crippen molar-refractivity contribution in [1.82, 2.24) is 4.98 Å². The highest BCUT2D eigenvalue weighted by atomic mass is 35.5. The predicted octanol–water partition coefficient (Wildman–Crippen LogP) is 3.22. The summed E-state index contributed by atoms with van der Waals surface area (Å²) in [7, 11) is 0. The summed E-state index contributed by atoms with van der Waals surface area (Å²) in [6.45, 7) is 2.26. The van der Waals surface area contributed by atoms with Crippen LogP contribution in [0.1, 0.15) is 13.3 Å². The number of hydrogen-bond donors (Lipinski definition) is 2. The molecule has 1 aromatic rings. The highest BCUT2D eigenvalue weighted by molar-refractivity contribution is 6.42. The van der Waals surface area contributed by atoms with Crippen LogP contribution in [-0.2, 0) is 0 Å². The van der Waals surface area contributed by atoms with Crippen LogP contribution in [0.4, 0.5) is 5.82 Å². The lowest BCUT2D eigenvalue weighted by Gasteiger charge is -2.11. The molecule has 0 fully saturated rings. The van der Waals surface area contributed by atoms with Gasteiger partial charge in [-0.2, -0.15) is 0 Å². The molecule has 1 rings (SSSR count). The highest BCUT2D eigenvalue weighted by Crippen LogP contribution is 2.28. The van der Waals surface area contributed by atoms with E-state index in [0.717, 1.165) is 0 Å². The maximum Gasteiger partial charge on any atom is 0.150 e. The van der Waals surface area contributed by atoms with E-state index >= 15 is 0 Å². The van der Waals surface area contributed by atoms with Gasteiger partial charge >= 0.3 is 0 Å². The molecule has 0 radical (unpaired) electrons. The second-order valence-corrected chi connectivity index (χ2v) is 4.21. The lowest BCUT2D eigenvalue weighted by atomic mass is 10.3. The Balaban J connectivity index is 2.73. The van der Waals surface area contributed by atoms with Gasteiger partial charge in [0.2, 0.25) is 0 Å². The maximum absolute atomic E-state index is 9.34. The molecule has 0 aliphatic rings. The average Bonchev–Trinajstić information content (AvgIpc) is 2.21. The SMILES string of the molecule is CCC(O)CNc1nc(Cl)c(Cl)cc1Cl. The van der Waals surface area contributed by atoms with Gasteiger partial charge in [-0.1, -0.05) is 41.7 Å². The van der Waals surface area contributed by atoms with Gasteiger partial charge in [0.15, 0.2) is 0 Å². The Hall–Kier alpha value is -0.220. The van der Waals surface area contributed by atoms with E-state index in [0.29, 0.717) is 28.8 Å². The van der Waals surface area contributed by atoms with E-state index < -0.39 is 6.10 Å². The van der Waals surface area contributed by atoms with Gasteiger partial charge in [0.1, 0.15) is 11.0 Å². The number of halogens is 3. The molecule has 0 bridgehead atoms. The zero-order valence-electron chi connectivity index (χ0n) is 8.10. The highest BCUT2D eigenvalue weighted by Gasteiger charge is 2.08. The number of hydrogen-bond acceptors (Lipinski definition) is 3. The van der Waals surface area contributed by atoms with E-state index in [1.165, 1.54) is 6.07 Å². The molecule has 0 saturated heterocycles. The second-order valence-electron chi connectivity index (χ2n) is 3.03. The van der Waals surface area contributed by atoms with Gasteiger partial charge in [0.05, 0.1) is 16.1 Å². The zero-order chi connectivity index (χ0) is 11.4. The molecule has 0 aliphatic heterocycles. The summed E-state index contributed by atoms with van der Waals surface area (Å²) in [5.74, 6) is 0.429. The fourth-order valence-corrected chi connectivity index (χ4v) is 1.49. The smallest absolute Gasteiger partial charge is 0.150 e. The Morgan fingerprint density at radius 3 is 2.67 bits per heavy atom. The number of aliphatic hydroxyl groups is 1. The summed E-state index contributed by atoms with van der Waals surface area (Å²) in [5.41, 5.74) is 0. The third-order valence-corrected chi connectivity index (χ3v) is 2.82. The molecule has 1 aromatic heterocycles. The first kappa shape index (κ1) is 12.8. The quantitative estimate of drug-likeness (QED) is 0.825. The predicted molar refractivity (Wildman–Crippen MR) is 64.1 cm³/mol. The van der Waals surface area contributed by atoms with Gasteiger partial charge in [-0.15, -0.1) is 0 Å². The minimum Gasteiger partial charge on any atom is -0.391 e. The standard InChI is InChI=1S/C9H11Cl3N2O/c1-2-5(15)4-13-9-7(11)3-6(10)8(12)14-9/h3,5,15H,2,4H2,1H3,(H,13,14). The Bertz CT molecular complexity index is 346. The minimum atomic E-state index is -0.433. The Morgan fingerprint density at radius 1 is 1.40 bits per heavy atom. The van der Waals surface area contributed by atoms with Crippen LogP contribution in [0, 0.1) is 0 Å². The molecule has 6 heteroatoms. The first-order valence-electron chi connectivity index (χ1n) is 4.48. The molecule has 0 aliphatic carbocycles. The van der Waals surface area contributed by atoms with Crippen LogP contribution in [0.15, 0.2) is 6.07 Å².